The van der Waals surface area contributed by atoms with Crippen LogP contribution >= 0.6 is 11.6 Å². The molecule has 1 heterocycles. The number of aromatic amines is 1. The first-order valence-electron chi connectivity index (χ1n) is 6.84. The lowest BCUT2D eigenvalue weighted by atomic mass is 10.1. The van der Waals surface area contributed by atoms with E-state index < -0.39 is 0 Å². The third kappa shape index (κ3) is 2.87. The lowest BCUT2D eigenvalue weighted by molar-refractivity contribution is 0.688. The summed E-state index contributed by atoms with van der Waals surface area (Å²) in [6.07, 6.45) is 3.11. The monoisotopic (exact) mass is 284 g/mol. The number of H-pyrrole nitrogens is 1. The molecule has 0 aliphatic carbocycles. The molecule has 0 amide bonds. The van der Waals surface area contributed by atoms with E-state index in [4.69, 9.17) is 11.6 Å². The fourth-order valence-corrected chi connectivity index (χ4v) is 2.63. The van der Waals surface area contributed by atoms with Crippen molar-refractivity contribution in [3.8, 4) is 0 Å². The minimum absolute atomic E-state index is 0.808. The van der Waals surface area contributed by atoms with Gasteiger partial charge in [0.1, 0.15) is 0 Å². The van der Waals surface area contributed by atoms with E-state index in [0.717, 1.165) is 30.1 Å². The van der Waals surface area contributed by atoms with E-state index in [1.165, 1.54) is 16.5 Å². The lowest BCUT2D eigenvalue weighted by Crippen LogP contribution is -2.16. The van der Waals surface area contributed by atoms with E-state index in [-0.39, 0.29) is 0 Å². The SMILES string of the molecule is Clc1ccccc1CNCCc1c[nH]c2ccccc12. The highest BCUT2D eigenvalue weighted by atomic mass is 35.5. The number of hydrogen-bond donors (Lipinski definition) is 2. The van der Waals surface area contributed by atoms with Crippen LogP contribution < -0.4 is 5.32 Å². The summed E-state index contributed by atoms with van der Waals surface area (Å²) in [5.41, 5.74) is 3.70. The molecule has 2 N–H and O–H groups in total. The van der Waals surface area contributed by atoms with Gasteiger partial charge in [-0.05, 0) is 36.2 Å². The Kier molecular flexibility index (Phi) is 4.05. The highest BCUT2D eigenvalue weighted by Gasteiger charge is 2.03. The molecule has 0 spiro atoms. The molecule has 2 nitrogen and oxygen atoms in total. The summed E-state index contributed by atoms with van der Waals surface area (Å²) in [6.45, 7) is 1.75. The summed E-state index contributed by atoms with van der Waals surface area (Å²) >= 11 is 6.14. The molecule has 1 aromatic heterocycles. The van der Waals surface area contributed by atoms with Crippen molar-refractivity contribution < 1.29 is 0 Å². The third-order valence-electron chi connectivity index (χ3n) is 3.52. The van der Waals surface area contributed by atoms with Crippen molar-refractivity contribution in [2.24, 2.45) is 0 Å². The first-order valence-corrected chi connectivity index (χ1v) is 7.21. The van der Waals surface area contributed by atoms with Gasteiger partial charge in [0.2, 0.25) is 0 Å². The van der Waals surface area contributed by atoms with Crippen molar-refractivity contribution in [3.63, 3.8) is 0 Å². The predicted octanol–water partition coefficient (Wildman–Crippen LogP) is 4.15. The van der Waals surface area contributed by atoms with Crippen LogP contribution in [0.4, 0.5) is 0 Å². The first kappa shape index (κ1) is 13.2. The summed E-state index contributed by atoms with van der Waals surface area (Å²) in [6, 6.07) is 16.4. The molecule has 0 atom stereocenters. The van der Waals surface area contributed by atoms with Gasteiger partial charge in [0.15, 0.2) is 0 Å². The zero-order valence-corrected chi connectivity index (χ0v) is 12.0. The summed E-state index contributed by atoms with van der Waals surface area (Å²) in [5.74, 6) is 0. The van der Waals surface area contributed by atoms with Gasteiger partial charge in [0, 0.05) is 28.7 Å². The van der Waals surface area contributed by atoms with Gasteiger partial charge in [-0.3, -0.25) is 0 Å². The third-order valence-corrected chi connectivity index (χ3v) is 3.89. The van der Waals surface area contributed by atoms with Crippen LogP contribution in [0.3, 0.4) is 0 Å². The maximum absolute atomic E-state index is 6.14. The molecule has 0 aliphatic heterocycles. The molecule has 3 heteroatoms. The minimum atomic E-state index is 0.808. The summed E-state index contributed by atoms with van der Waals surface area (Å²) in [4.78, 5) is 3.31. The standard InChI is InChI=1S/C17H17ClN2/c18-16-7-3-1-5-14(16)11-19-10-9-13-12-20-17-8-4-2-6-15(13)17/h1-8,12,19-20H,9-11H2. The fourth-order valence-electron chi connectivity index (χ4n) is 2.43. The number of rotatable bonds is 5. The van der Waals surface area contributed by atoms with Gasteiger partial charge >= 0.3 is 0 Å². The van der Waals surface area contributed by atoms with Crippen LogP contribution in [0.1, 0.15) is 11.1 Å². The molecule has 0 unspecified atom stereocenters. The maximum Gasteiger partial charge on any atom is 0.0456 e. The largest absolute Gasteiger partial charge is 0.361 e. The van der Waals surface area contributed by atoms with E-state index in [1.807, 2.05) is 18.2 Å². The highest BCUT2D eigenvalue weighted by Crippen LogP contribution is 2.18. The molecule has 0 fully saturated rings. The highest BCUT2D eigenvalue weighted by molar-refractivity contribution is 6.31. The molecule has 20 heavy (non-hydrogen) atoms. The van der Waals surface area contributed by atoms with Gasteiger partial charge < -0.3 is 10.3 Å². The van der Waals surface area contributed by atoms with E-state index in [2.05, 4.69) is 46.8 Å². The average Bonchev–Trinajstić information content (AvgIpc) is 2.89. The molecular weight excluding hydrogens is 268 g/mol. The van der Waals surface area contributed by atoms with Crippen molar-refractivity contribution in [1.82, 2.24) is 10.3 Å². The molecule has 0 bridgehead atoms. The molecule has 0 saturated heterocycles. The molecular formula is C17H17ClN2. The van der Waals surface area contributed by atoms with Gasteiger partial charge in [0.05, 0.1) is 0 Å². The van der Waals surface area contributed by atoms with Crippen LogP contribution in [0.15, 0.2) is 54.7 Å². The topological polar surface area (TPSA) is 27.8 Å². The number of para-hydroxylation sites is 1. The second-order valence-electron chi connectivity index (χ2n) is 4.88. The molecule has 0 aliphatic rings. The van der Waals surface area contributed by atoms with Crippen LogP contribution in [0.2, 0.25) is 5.02 Å². The van der Waals surface area contributed by atoms with Crippen molar-refractivity contribution in [2.75, 3.05) is 6.54 Å². The second kappa shape index (κ2) is 6.12. The molecule has 3 aromatic rings. The average molecular weight is 285 g/mol. The fraction of sp³-hybridized carbons (Fsp3) is 0.176. The normalized spacial score (nSPS) is 11.1. The molecule has 0 saturated carbocycles. The molecule has 0 radical (unpaired) electrons. The summed E-state index contributed by atoms with van der Waals surface area (Å²) in [7, 11) is 0. The van der Waals surface area contributed by atoms with E-state index in [9.17, 15) is 0 Å². The maximum atomic E-state index is 6.14. The first-order chi connectivity index (χ1) is 9.84. The van der Waals surface area contributed by atoms with E-state index in [1.54, 1.807) is 0 Å². The van der Waals surface area contributed by atoms with Gasteiger partial charge in [-0.1, -0.05) is 48.0 Å². The zero-order valence-electron chi connectivity index (χ0n) is 11.2. The van der Waals surface area contributed by atoms with Gasteiger partial charge in [-0.2, -0.15) is 0 Å². The Morgan fingerprint density at radius 1 is 0.950 bits per heavy atom. The van der Waals surface area contributed by atoms with Crippen molar-refractivity contribution in [2.45, 2.75) is 13.0 Å². The van der Waals surface area contributed by atoms with Crippen LogP contribution in [0.25, 0.3) is 10.9 Å². The van der Waals surface area contributed by atoms with Crippen LogP contribution in [-0.4, -0.2) is 11.5 Å². The van der Waals surface area contributed by atoms with E-state index in [0.29, 0.717) is 0 Å². The Labute approximate surface area is 123 Å². The summed E-state index contributed by atoms with van der Waals surface area (Å²) < 4.78 is 0. The number of benzene rings is 2. The Morgan fingerprint density at radius 2 is 1.75 bits per heavy atom. The second-order valence-corrected chi connectivity index (χ2v) is 5.28. The number of aromatic nitrogens is 1. The Balaban J connectivity index is 1.57. The Morgan fingerprint density at radius 3 is 2.65 bits per heavy atom. The molecule has 2 aromatic carbocycles. The van der Waals surface area contributed by atoms with Crippen LogP contribution in [-0.2, 0) is 13.0 Å². The minimum Gasteiger partial charge on any atom is -0.361 e. The molecule has 102 valence electrons. The van der Waals surface area contributed by atoms with E-state index >= 15 is 0 Å². The van der Waals surface area contributed by atoms with Crippen molar-refractivity contribution in [1.29, 1.82) is 0 Å². The van der Waals surface area contributed by atoms with Gasteiger partial charge in [0.25, 0.3) is 0 Å². The smallest absolute Gasteiger partial charge is 0.0456 e. The number of fused-ring (bicyclic) bond motifs is 1. The summed E-state index contributed by atoms with van der Waals surface area (Å²) in [5, 5.41) is 5.59. The lowest BCUT2D eigenvalue weighted by Gasteiger charge is -2.06. The zero-order chi connectivity index (χ0) is 13.8. The number of nitrogens with one attached hydrogen (secondary N) is 2. The van der Waals surface area contributed by atoms with Gasteiger partial charge in [-0.15, -0.1) is 0 Å². The van der Waals surface area contributed by atoms with Gasteiger partial charge in [-0.25, -0.2) is 0 Å². The molecule has 3 rings (SSSR count). The number of hydrogen-bond acceptors (Lipinski definition) is 1. The predicted molar refractivity (Wildman–Crippen MR) is 85.2 cm³/mol. The Hall–Kier alpha value is -1.77. The van der Waals surface area contributed by atoms with Crippen molar-refractivity contribution >= 4 is 22.5 Å². The van der Waals surface area contributed by atoms with Crippen LogP contribution in [0, 0.1) is 0 Å². The quantitative estimate of drug-likeness (QED) is 0.677. The van der Waals surface area contributed by atoms with Crippen LogP contribution in [0.5, 0.6) is 0 Å². The number of halogens is 1. The Bertz CT molecular complexity index is 703. The van der Waals surface area contributed by atoms with Crippen molar-refractivity contribution in [3.05, 3.63) is 70.9 Å².